The number of anilines is 3. The van der Waals surface area contributed by atoms with Crippen molar-refractivity contribution in [2.45, 2.75) is 37.8 Å². The van der Waals surface area contributed by atoms with E-state index in [2.05, 4.69) is 20.7 Å². The summed E-state index contributed by atoms with van der Waals surface area (Å²) in [6.07, 6.45) is 7.16. The van der Waals surface area contributed by atoms with Gasteiger partial charge in [-0.25, -0.2) is 18.3 Å². The third-order valence-electron chi connectivity index (χ3n) is 4.71. The Morgan fingerprint density at radius 1 is 1.12 bits per heavy atom. The van der Waals surface area contributed by atoms with Gasteiger partial charge in [0.15, 0.2) is 5.65 Å². The van der Waals surface area contributed by atoms with Crippen LogP contribution in [0.1, 0.15) is 25.7 Å². The van der Waals surface area contributed by atoms with Crippen molar-refractivity contribution in [2.75, 3.05) is 10.6 Å². The highest BCUT2D eigenvalue weighted by atomic mass is 19.1. The number of fused-ring (bicyclic) bond motifs is 1. The van der Waals surface area contributed by atoms with Crippen LogP contribution >= 0.6 is 0 Å². The molecule has 1 aliphatic rings. The lowest BCUT2D eigenvalue weighted by molar-refractivity contribution is 0.410. The first-order chi connectivity index (χ1) is 12.6. The van der Waals surface area contributed by atoms with Gasteiger partial charge in [-0.15, -0.1) is 5.10 Å². The quantitative estimate of drug-likeness (QED) is 0.666. The summed E-state index contributed by atoms with van der Waals surface area (Å²) in [5, 5.41) is 10.7. The van der Waals surface area contributed by atoms with Crippen LogP contribution in [-0.2, 0) is 0 Å². The Hall–Kier alpha value is -2.74. The van der Waals surface area contributed by atoms with Crippen LogP contribution < -0.4 is 16.4 Å². The second kappa shape index (κ2) is 6.87. The van der Waals surface area contributed by atoms with Gasteiger partial charge in [0.05, 0.1) is 5.69 Å². The standard InChI is InChI=1S/C18H20F2N6/c19-13-2-1-3-14(20)17(13)24-15-10-16(25-26-9-8-22-18(15)26)23-12-6-4-11(21)5-7-12/h1-3,8-12,24H,4-7,21H2,(H,23,25). The number of hydrogen-bond acceptors (Lipinski definition) is 5. The predicted octanol–water partition coefficient (Wildman–Crippen LogP) is 3.43. The Labute approximate surface area is 149 Å². The molecule has 26 heavy (non-hydrogen) atoms. The van der Waals surface area contributed by atoms with Gasteiger partial charge in [0.25, 0.3) is 0 Å². The zero-order valence-corrected chi connectivity index (χ0v) is 14.1. The molecule has 1 fully saturated rings. The minimum Gasteiger partial charge on any atom is -0.366 e. The SMILES string of the molecule is NC1CCC(Nc2cc(Nc3c(F)cccc3F)c3nccn3n2)CC1. The molecule has 0 aliphatic heterocycles. The molecule has 4 N–H and O–H groups in total. The van der Waals surface area contributed by atoms with Gasteiger partial charge in [-0.1, -0.05) is 6.07 Å². The van der Waals surface area contributed by atoms with Gasteiger partial charge in [-0.2, -0.15) is 0 Å². The van der Waals surface area contributed by atoms with Gasteiger partial charge >= 0.3 is 0 Å². The molecule has 2 aromatic heterocycles. The first kappa shape index (κ1) is 16.7. The molecule has 0 atom stereocenters. The van der Waals surface area contributed by atoms with E-state index in [1.807, 2.05) is 0 Å². The minimum absolute atomic E-state index is 0.210. The lowest BCUT2D eigenvalue weighted by atomic mass is 9.92. The molecule has 3 aromatic rings. The van der Waals surface area contributed by atoms with E-state index in [4.69, 9.17) is 5.73 Å². The van der Waals surface area contributed by atoms with Crippen molar-refractivity contribution in [1.29, 1.82) is 0 Å². The predicted molar refractivity (Wildman–Crippen MR) is 96.5 cm³/mol. The van der Waals surface area contributed by atoms with Crippen molar-refractivity contribution >= 4 is 22.8 Å². The number of nitrogens with one attached hydrogen (secondary N) is 2. The van der Waals surface area contributed by atoms with E-state index in [9.17, 15) is 8.78 Å². The maximum Gasteiger partial charge on any atom is 0.177 e. The highest BCUT2D eigenvalue weighted by Crippen LogP contribution is 2.28. The number of benzene rings is 1. The number of hydrogen-bond donors (Lipinski definition) is 3. The number of rotatable bonds is 4. The summed E-state index contributed by atoms with van der Waals surface area (Å²) in [5.41, 5.74) is 6.71. The Kier molecular flexibility index (Phi) is 4.42. The second-order valence-corrected chi connectivity index (χ2v) is 6.62. The van der Waals surface area contributed by atoms with Crippen molar-refractivity contribution < 1.29 is 8.78 Å². The van der Waals surface area contributed by atoms with E-state index in [0.29, 0.717) is 17.2 Å². The molecule has 0 radical (unpaired) electrons. The summed E-state index contributed by atoms with van der Waals surface area (Å²) in [4.78, 5) is 4.22. The van der Waals surface area contributed by atoms with Crippen molar-refractivity contribution in [3.63, 3.8) is 0 Å². The van der Waals surface area contributed by atoms with Crippen LogP contribution in [0.4, 0.5) is 26.0 Å². The molecule has 1 aliphatic carbocycles. The van der Waals surface area contributed by atoms with E-state index < -0.39 is 11.6 Å². The molecule has 1 saturated carbocycles. The van der Waals surface area contributed by atoms with E-state index in [1.165, 1.54) is 18.2 Å². The Morgan fingerprint density at radius 3 is 2.58 bits per heavy atom. The summed E-state index contributed by atoms with van der Waals surface area (Å²) in [6.45, 7) is 0. The summed E-state index contributed by atoms with van der Waals surface area (Å²) in [5.74, 6) is -0.709. The van der Waals surface area contributed by atoms with Crippen LogP contribution in [0.2, 0.25) is 0 Å². The lowest BCUT2D eigenvalue weighted by Crippen LogP contribution is -2.33. The van der Waals surface area contributed by atoms with Gasteiger partial charge < -0.3 is 16.4 Å². The third kappa shape index (κ3) is 3.32. The van der Waals surface area contributed by atoms with E-state index in [1.54, 1.807) is 23.0 Å². The first-order valence-corrected chi connectivity index (χ1v) is 8.67. The molecular formula is C18H20F2N6. The molecule has 0 unspecified atom stereocenters. The number of para-hydroxylation sites is 1. The summed E-state index contributed by atoms with van der Waals surface area (Å²) < 4.78 is 29.6. The zero-order valence-electron chi connectivity index (χ0n) is 14.1. The number of nitrogens with two attached hydrogens (primary N) is 1. The molecule has 4 rings (SSSR count). The third-order valence-corrected chi connectivity index (χ3v) is 4.71. The molecule has 0 saturated heterocycles. The molecule has 136 valence electrons. The Morgan fingerprint density at radius 2 is 1.85 bits per heavy atom. The highest BCUT2D eigenvalue weighted by molar-refractivity contribution is 5.76. The topological polar surface area (TPSA) is 80.3 Å². The van der Waals surface area contributed by atoms with Gasteiger partial charge in [-0.05, 0) is 37.8 Å². The van der Waals surface area contributed by atoms with Crippen LogP contribution in [0.3, 0.4) is 0 Å². The van der Waals surface area contributed by atoms with Crippen molar-refractivity contribution in [3.8, 4) is 0 Å². The highest BCUT2D eigenvalue weighted by Gasteiger charge is 2.20. The second-order valence-electron chi connectivity index (χ2n) is 6.62. The molecule has 1 aromatic carbocycles. The Bertz CT molecular complexity index is 897. The van der Waals surface area contributed by atoms with Crippen LogP contribution in [0.5, 0.6) is 0 Å². The van der Waals surface area contributed by atoms with E-state index >= 15 is 0 Å². The molecule has 6 nitrogen and oxygen atoms in total. The van der Waals surface area contributed by atoms with Gasteiger partial charge in [-0.3, -0.25) is 0 Å². The lowest BCUT2D eigenvalue weighted by Gasteiger charge is -2.27. The fourth-order valence-electron chi connectivity index (χ4n) is 3.30. The van der Waals surface area contributed by atoms with Crippen molar-refractivity contribution in [3.05, 3.63) is 48.3 Å². The maximum atomic E-state index is 14.0. The van der Waals surface area contributed by atoms with Crippen molar-refractivity contribution in [2.24, 2.45) is 5.73 Å². The first-order valence-electron chi connectivity index (χ1n) is 8.67. The van der Waals surface area contributed by atoms with Crippen LogP contribution in [0.25, 0.3) is 5.65 Å². The number of halogens is 2. The fraction of sp³-hybridized carbons (Fsp3) is 0.333. The molecule has 0 spiro atoms. The van der Waals surface area contributed by atoms with Crippen LogP contribution in [-0.4, -0.2) is 26.7 Å². The minimum atomic E-state index is -0.665. The Balaban J connectivity index is 1.65. The van der Waals surface area contributed by atoms with Gasteiger partial charge in [0.1, 0.15) is 23.1 Å². The molecule has 0 amide bonds. The van der Waals surface area contributed by atoms with Gasteiger partial charge in [0.2, 0.25) is 0 Å². The normalized spacial score (nSPS) is 20.3. The largest absolute Gasteiger partial charge is 0.366 e. The van der Waals surface area contributed by atoms with E-state index in [-0.39, 0.29) is 17.8 Å². The van der Waals surface area contributed by atoms with Gasteiger partial charge in [0, 0.05) is 30.5 Å². The van der Waals surface area contributed by atoms with Crippen molar-refractivity contribution in [1.82, 2.24) is 14.6 Å². The molecular weight excluding hydrogens is 338 g/mol. The average molecular weight is 358 g/mol. The van der Waals surface area contributed by atoms with Crippen LogP contribution in [0, 0.1) is 11.6 Å². The maximum absolute atomic E-state index is 14.0. The summed E-state index contributed by atoms with van der Waals surface area (Å²) >= 11 is 0. The average Bonchev–Trinajstić information content (AvgIpc) is 3.09. The van der Waals surface area contributed by atoms with E-state index in [0.717, 1.165) is 25.7 Å². The zero-order chi connectivity index (χ0) is 18.1. The monoisotopic (exact) mass is 358 g/mol. The fourth-order valence-corrected chi connectivity index (χ4v) is 3.30. The molecule has 8 heteroatoms. The summed E-state index contributed by atoms with van der Waals surface area (Å²) in [7, 11) is 0. The summed E-state index contributed by atoms with van der Waals surface area (Å²) in [6, 6.07) is 6.01. The number of nitrogens with zero attached hydrogens (tertiary/aromatic N) is 3. The molecule has 2 heterocycles. The van der Waals surface area contributed by atoms with Crippen LogP contribution in [0.15, 0.2) is 36.7 Å². The molecule has 0 bridgehead atoms. The smallest absolute Gasteiger partial charge is 0.177 e. The number of aromatic nitrogens is 3. The number of imidazole rings is 1.